The number of hydrazine groups is 1. The van der Waals surface area contributed by atoms with E-state index in [1.165, 1.54) is 18.2 Å². The fourth-order valence-corrected chi connectivity index (χ4v) is 1.98. The molecule has 4 nitrogen and oxygen atoms in total. The first-order chi connectivity index (χ1) is 9.16. The van der Waals surface area contributed by atoms with Gasteiger partial charge in [-0.2, -0.15) is 5.01 Å². The molecular weight excluding hydrogens is 247 g/mol. The molecule has 1 aliphatic heterocycles. The largest absolute Gasteiger partial charge is 0.288 e. The zero-order chi connectivity index (χ0) is 13.4. The van der Waals surface area contributed by atoms with Crippen LogP contribution < -0.4 is 5.43 Å². The quantitative estimate of drug-likeness (QED) is 0.839. The molecule has 94 valence electrons. The number of hydrogen-bond donors (Lipinski definition) is 1. The van der Waals surface area contributed by atoms with Crippen LogP contribution in [0, 0.1) is 5.82 Å². The number of anilines is 1. The molecule has 5 heteroatoms. The summed E-state index contributed by atoms with van der Waals surface area (Å²) >= 11 is 0. The van der Waals surface area contributed by atoms with Gasteiger partial charge >= 0.3 is 0 Å². The molecule has 0 saturated heterocycles. The molecule has 2 aromatic rings. The first-order valence-electron chi connectivity index (χ1n) is 5.67. The van der Waals surface area contributed by atoms with Crippen molar-refractivity contribution >= 4 is 17.5 Å². The molecule has 0 bridgehead atoms. The number of amides is 2. The highest BCUT2D eigenvalue weighted by Crippen LogP contribution is 2.23. The number of halogens is 1. The van der Waals surface area contributed by atoms with Crippen molar-refractivity contribution in [2.75, 3.05) is 5.43 Å². The van der Waals surface area contributed by atoms with Crippen molar-refractivity contribution in [1.82, 2.24) is 5.01 Å². The summed E-state index contributed by atoms with van der Waals surface area (Å²) in [5.41, 5.74) is 3.65. The number of carbonyl (C=O) groups is 2. The zero-order valence-electron chi connectivity index (χ0n) is 9.76. The number of rotatable bonds is 2. The van der Waals surface area contributed by atoms with Crippen LogP contribution in [0.2, 0.25) is 0 Å². The summed E-state index contributed by atoms with van der Waals surface area (Å²) < 4.78 is 13.1. The predicted octanol–water partition coefficient (Wildman–Crippen LogP) is 2.45. The van der Waals surface area contributed by atoms with Gasteiger partial charge in [-0.15, -0.1) is 0 Å². The lowest BCUT2D eigenvalue weighted by Gasteiger charge is -2.16. The highest BCUT2D eigenvalue weighted by molar-refractivity contribution is 6.21. The maximum Gasteiger partial charge on any atom is 0.280 e. The molecule has 2 amide bonds. The van der Waals surface area contributed by atoms with E-state index >= 15 is 0 Å². The van der Waals surface area contributed by atoms with Crippen LogP contribution >= 0.6 is 0 Å². The summed E-state index contributed by atoms with van der Waals surface area (Å²) in [6.45, 7) is 0. The number of carbonyl (C=O) groups excluding carboxylic acids is 2. The fraction of sp³-hybridized carbons (Fsp3) is 0. The second-order valence-corrected chi connectivity index (χ2v) is 4.11. The number of nitrogens with one attached hydrogen (secondary N) is 1. The van der Waals surface area contributed by atoms with Crippen molar-refractivity contribution in [2.24, 2.45) is 0 Å². The molecule has 1 N–H and O–H groups in total. The first kappa shape index (κ1) is 11.4. The molecule has 19 heavy (non-hydrogen) atoms. The summed E-state index contributed by atoms with van der Waals surface area (Å²) in [4.78, 5) is 24.1. The molecular formula is C14H9FN2O2. The van der Waals surface area contributed by atoms with Crippen LogP contribution in [-0.4, -0.2) is 16.8 Å². The number of nitrogens with zero attached hydrogens (tertiary/aromatic N) is 1. The van der Waals surface area contributed by atoms with E-state index in [0.717, 1.165) is 5.01 Å². The molecule has 0 saturated carbocycles. The topological polar surface area (TPSA) is 49.4 Å². The Morgan fingerprint density at radius 1 is 0.895 bits per heavy atom. The lowest BCUT2D eigenvalue weighted by Crippen LogP contribution is -2.35. The van der Waals surface area contributed by atoms with Gasteiger partial charge in [0.2, 0.25) is 0 Å². The Morgan fingerprint density at radius 3 is 2.11 bits per heavy atom. The van der Waals surface area contributed by atoms with Crippen molar-refractivity contribution in [2.45, 2.75) is 0 Å². The normalized spacial score (nSPS) is 13.6. The smallest absolute Gasteiger partial charge is 0.280 e. The number of fused-ring (bicyclic) bond motifs is 1. The lowest BCUT2D eigenvalue weighted by molar-refractivity contribution is 0.0691. The van der Waals surface area contributed by atoms with Gasteiger partial charge in [-0.3, -0.25) is 15.0 Å². The Hall–Kier alpha value is -2.69. The predicted molar refractivity (Wildman–Crippen MR) is 67.0 cm³/mol. The van der Waals surface area contributed by atoms with Gasteiger partial charge in [-0.25, -0.2) is 4.39 Å². The van der Waals surface area contributed by atoms with E-state index < -0.39 is 17.6 Å². The van der Waals surface area contributed by atoms with Crippen LogP contribution in [0.5, 0.6) is 0 Å². The van der Waals surface area contributed by atoms with E-state index in [0.29, 0.717) is 16.8 Å². The zero-order valence-corrected chi connectivity index (χ0v) is 9.76. The summed E-state index contributed by atoms with van der Waals surface area (Å²) in [7, 11) is 0. The highest BCUT2D eigenvalue weighted by Gasteiger charge is 2.35. The van der Waals surface area contributed by atoms with E-state index in [4.69, 9.17) is 0 Å². The third kappa shape index (κ3) is 1.85. The molecule has 0 aliphatic carbocycles. The van der Waals surface area contributed by atoms with Crippen LogP contribution in [-0.2, 0) is 0 Å². The minimum Gasteiger partial charge on any atom is -0.288 e. The molecule has 0 radical (unpaired) electrons. The van der Waals surface area contributed by atoms with E-state index in [-0.39, 0.29) is 0 Å². The molecule has 0 atom stereocenters. The van der Waals surface area contributed by atoms with Gasteiger partial charge in [0.1, 0.15) is 5.82 Å². The molecule has 1 heterocycles. The molecule has 0 aromatic heterocycles. The van der Waals surface area contributed by atoms with Crippen LogP contribution in [0.25, 0.3) is 0 Å². The van der Waals surface area contributed by atoms with Crippen molar-refractivity contribution in [3.05, 3.63) is 65.5 Å². The van der Waals surface area contributed by atoms with E-state index in [1.807, 2.05) is 0 Å². The minimum atomic E-state index is -0.443. The van der Waals surface area contributed by atoms with E-state index in [9.17, 15) is 14.0 Å². The average molecular weight is 256 g/mol. The lowest BCUT2D eigenvalue weighted by atomic mass is 10.1. The van der Waals surface area contributed by atoms with Gasteiger partial charge in [0.15, 0.2) is 0 Å². The fourth-order valence-electron chi connectivity index (χ4n) is 1.98. The van der Waals surface area contributed by atoms with Crippen LogP contribution in [0.1, 0.15) is 20.7 Å². The Bertz CT molecular complexity index is 650. The van der Waals surface area contributed by atoms with Gasteiger partial charge < -0.3 is 0 Å². The van der Waals surface area contributed by atoms with Gasteiger partial charge in [-0.1, -0.05) is 18.2 Å². The Morgan fingerprint density at radius 2 is 1.53 bits per heavy atom. The van der Waals surface area contributed by atoms with Crippen molar-refractivity contribution in [3.63, 3.8) is 0 Å². The van der Waals surface area contributed by atoms with Crippen LogP contribution in [0.15, 0.2) is 48.5 Å². The Balaban J connectivity index is 1.92. The molecule has 1 aliphatic rings. The average Bonchev–Trinajstić information content (AvgIpc) is 2.65. The van der Waals surface area contributed by atoms with Gasteiger partial charge in [0.05, 0.1) is 16.8 Å². The third-order valence-corrected chi connectivity index (χ3v) is 2.86. The molecule has 0 fully saturated rings. The van der Waals surface area contributed by atoms with Crippen molar-refractivity contribution in [1.29, 1.82) is 0 Å². The van der Waals surface area contributed by atoms with E-state index in [2.05, 4.69) is 5.43 Å². The first-order valence-corrected chi connectivity index (χ1v) is 5.67. The number of imide groups is 1. The van der Waals surface area contributed by atoms with Crippen LogP contribution in [0.3, 0.4) is 0 Å². The second-order valence-electron chi connectivity index (χ2n) is 4.11. The summed E-state index contributed by atoms with van der Waals surface area (Å²) in [6, 6.07) is 12.1. The molecule has 3 rings (SSSR count). The van der Waals surface area contributed by atoms with E-state index in [1.54, 1.807) is 30.3 Å². The van der Waals surface area contributed by atoms with Gasteiger partial charge in [0, 0.05) is 0 Å². The van der Waals surface area contributed by atoms with Crippen molar-refractivity contribution in [3.8, 4) is 0 Å². The number of benzene rings is 2. The third-order valence-electron chi connectivity index (χ3n) is 2.86. The summed E-state index contributed by atoms with van der Waals surface area (Å²) in [5.74, 6) is -1.32. The molecule has 0 spiro atoms. The second kappa shape index (κ2) is 4.20. The Labute approximate surface area is 108 Å². The molecule has 0 unspecified atom stereocenters. The summed E-state index contributed by atoms with van der Waals surface area (Å²) in [6.07, 6.45) is 0. The Kier molecular flexibility index (Phi) is 2.52. The molecule has 2 aromatic carbocycles. The monoisotopic (exact) mass is 256 g/mol. The van der Waals surface area contributed by atoms with Crippen LogP contribution in [0.4, 0.5) is 10.1 Å². The van der Waals surface area contributed by atoms with Crippen molar-refractivity contribution < 1.29 is 14.0 Å². The maximum atomic E-state index is 13.1. The van der Waals surface area contributed by atoms with Gasteiger partial charge in [0.25, 0.3) is 11.8 Å². The maximum absolute atomic E-state index is 13.1. The minimum absolute atomic E-state index is 0.342. The SMILES string of the molecule is O=C1c2ccccc2C(=O)N1Nc1cccc(F)c1. The highest BCUT2D eigenvalue weighted by atomic mass is 19.1. The van der Waals surface area contributed by atoms with Gasteiger partial charge in [-0.05, 0) is 30.3 Å². The number of hydrogen-bond acceptors (Lipinski definition) is 3. The summed E-state index contributed by atoms with van der Waals surface area (Å²) in [5, 5.41) is 0.888. The standard InChI is InChI=1S/C14H9FN2O2/c15-9-4-3-5-10(8-9)16-17-13(18)11-6-1-2-7-12(11)14(17)19/h1-8,16H.